The Morgan fingerprint density at radius 3 is 2.25 bits per heavy atom. The van der Waals surface area contributed by atoms with E-state index < -0.39 is 10.1 Å². The van der Waals surface area contributed by atoms with Crippen molar-refractivity contribution in [3.63, 3.8) is 0 Å². The van der Waals surface area contributed by atoms with Gasteiger partial charge in [-0.2, -0.15) is 8.42 Å². The third-order valence-corrected chi connectivity index (χ3v) is 4.20. The molecule has 0 unspecified atom stereocenters. The van der Waals surface area contributed by atoms with Gasteiger partial charge in [0, 0.05) is 0 Å². The number of aromatic nitrogens is 1. The summed E-state index contributed by atoms with van der Waals surface area (Å²) in [5.74, 6) is 0.644. The predicted molar refractivity (Wildman–Crippen MR) is 77.6 cm³/mol. The van der Waals surface area contributed by atoms with Crippen molar-refractivity contribution in [3.8, 4) is 5.75 Å². The average Bonchev–Trinajstić information content (AvgIpc) is 2.39. The zero-order valence-electron chi connectivity index (χ0n) is 11.1. The highest BCUT2D eigenvalue weighted by Gasteiger charge is 2.17. The van der Waals surface area contributed by atoms with Gasteiger partial charge in [-0.1, -0.05) is 37.6 Å². The summed E-state index contributed by atoms with van der Waals surface area (Å²) in [6.07, 6.45) is 1.17. The first kappa shape index (κ1) is 14.8. The number of pyridine rings is 1. The van der Waals surface area contributed by atoms with Gasteiger partial charge in [0.2, 0.25) is 0 Å². The third-order valence-electron chi connectivity index (χ3n) is 2.74. The minimum Gasteiger partial charge on any atom is -0.379 e. The number of hydrogen-bond donors (Lipinski definition) is 0. The van der Waals surface area contributed by atoms with E-state index in [1.165, 1.54) is 18.3 Å². The van der Waals surface area contributed by atoms with Crippen LogP contribution in [0, 0.1) is 0 Å². The van der Waals surface area contributed by atoms with Crippen molar-refractivity contribution >= 4 is 21.7 Å². The summed E-state index contributed by atoms with van der Waals surface area (Å²) >= 11 is 5.62. The molecule has 106 valence electrons. The van der Waals surface area contributed by atoms with Gasteiger partial charge in [0.25, 0.3) is 0 Å². The van der Waals surface area contributed by atoms with Gasteiger partial charge in [0.05, 0.1) is 6.20 Å². The second-order valence-corrected chi connectivity index (χ2v) is 6.51. The van der Waals surface area contributed by atoms with Gasteiger partial charge in [0.1, 0.15) is 15.8 Å². The van der Waals surface area contributed by atoms with Crippen molar-refractivity contribution in [2.75, 3.05) is 0 Å². The average molecular weight is 312 g/mol. The Bertz CT molecular complexity index is 679. The Morgan fingerprint density at radius 2 is 1.75 bits per heavy atom. The fourth-order valence-corrected chi connectivity index (χ4v) is 2.58. The maximum atomic E-state index is 12.0. The highest BCUT2D eigenvalue weighted by atomic mass is 35.5. The second kappa shape index (κ2) is 5.81. The molecule has 0 fully saturated rings. The van der Waals surface area contributed by atoms with E-state index in [9.17, 15) is 8.42 Å². The van der Waals surface area contributed by atoms with Gasteiger partial charge in [-0.25, -0.2) is 4.98 Å². The van der Waals surface area contributed by atoms with Gasteiger partial charge >= 0.3 is 10.1 Å². The van der Waals surface area contributed by atoms with Gasteiger partial charge in [-0.15, -0.1) is 0 Å². The predicted octanol–water partition coefficient (Wildman–Crippen LogP) is 3.63. The van der Waals surface area contributed by atoms with Gasteiger partial charge in [-0.05, 0) is 35.7 Å². The molecule has 0 amide bonds. The molecule has 0 atom stereocenters. The lowest BCUT2D eigenvalue weighted by atomic mass is 10.0. The van der Waals surface area contributed by atoms with Crippen LogP contribution in [0.5, 0.6) is 5.75 Å². The summed E-state index contributed by atoms with van der Waals surface area (Å²) in [6, 6.07) is 9.71. The molecule has 0 aliphatic rings. The lowest BCUT2D eigenvalue weighted by molar-refractivity contribution is 0.485. The molecule has 2 aromatic rings. The van der Waals surface area contributed by atoms with E-state index in [4.69, 9.17) is 15.8 Å². The summed E-state index contributed by atoms with van der Waals surface area (Å²) in [5.41, 5.74) is 1.11. The van der Waals surface area contributed by atoms with Crippen molar-refractivity contribution in [1.29, 1.82) is 0 Å². The summed E-state index contributed by atoms with van der Waals surface area (Å²) < 4.78 is 29.1. The Hall–Kier alpha value is -1.59. The molecule has 0 N–H and O–H groups in total. The van der Waals surface area contributed by atoms with Crippen LogP contribution in [0.15, 0.2) is 47.5 Å². The molecule has 0 radical (unpaired) electrons. The van der Waals surface area contributed by atoms with Crippen LogP contribution in [0.2, 0.25) is 5.15 Å². The second-order valence-electron chi connectivity index (χ2n) is 4.58. The molecule has 4 nitrogen and oxygen atoms in total. The maximum absolute atomic E-state index is 12.0. The number of rotatable bonds is 4. The molecule has 1 heterocycles. The van der Waals surface area contributed by atoms with E-state index >= 15 is 0 Å². The van der Waals surface area contributed by atoms with Crippen LogP contribution < -0.4 is 4.18 Å². The van der Waals surface area contributed by atoms with E-state index in [0.29, 0.717) is 5.92 Å². The van der Waals surface area contributed by atoms with Crippen LogP contribution in [0.1, 0.15) is 25.3 Å². The minimum atomic E-state index is -3.88. The topological polar surface area (TPSA) is 56.3 Å². The zero-order chi connectivity index (χ0) is 14.8. The highest BCUT2D eigenvalue weighted by molar-refractivity contribution is 7.87. The molecule has 2 rings (SSSR count). The van der Waals surface area contributed by atoms with Crippen molar-refractivity contribution in [2.45, 2.75) is 24.7 Å². The molecule has 1 aromatic heterocycles. The molecule has 0 saturated carbocycles. The molecular formula is C14H14ClNO3S. The van der Waals surface area contributed by atoms with E-state index in [0.717, 1.165) is 5.56 Å². The fraction of sp³-hybridized carbons (Fsp3) is 0.214. The largest absolute Gasteiger partial charge is 0.379 e. The van der Waals surface area contributed by atoms with Crippen molar-refractivity contribution in [2.24, 2.45) is 0 Å². The molecular weight excluding hydrogens is 298 g/mol. The molecule has 0 saturated heterocycles. The number of hydrogen-bond acceptors (Lipinski definition) is 4. The first-order valence-electron chi connectivity index (χ1n) is 6.04. The number of halogens is 1. The minimum absolute atomic E-state index is 0.0326. The molecule has 20 heavy (non-hydrogen) atoms. The van der Waals surface area contributed by atoms with E-state index in [2.05, 4.69) is 18.8 Å². The molecule has 0 aliphatic carbocycles. The quantitative estimate of drug-likeness (QED) is 0.639. The summed E-state index contributed by atoms with van der Waals surface area (Å²) in [4.78, 5) is 3.70. The van der Waals surface area contributed by atoms with Crippen molar-refractivity contribution in [1.82, 2.24) is 4.98 Å². The fourth-order valence-electron chi connectivity index (χ4n) is 1.59. The third kappa shape index (κ3) is 3.49. The Balaban J connectivity index is 2.22. The summed E-state index contributed by atoms with van der Waals surface area (Å²) in [7, 11) is -3.88. The van der Waals surface area contributed by atoms with Crippen LogP contribution in [0.3, 0.4) is 0 Å². The van der Waals surface area contributed by atoms with Crippen LogP contribution in [0.25, 0.3) is 0 Å². The first-order chi connectivity index (χ1) is 9.38. The van der Waals surface area contributed by atoms with Gasteiger partial charge < -0.3 is 4.18 Å². The Kier molecular flexibility index (Phi) is 4.30. The molecule has 6 heteroatoms. The van der Waals surface area contributed by atoms with Crippen LogP contribution in [-0.4, -0.2) is 13.4 Å². The van der Waals surface area contributed by atoms with Crippen LogP contribution in [-0.2, 0) is 10.1 Å². The monoisotopic (exact) mass is 311 g/mol. The highest BCUT2D eigenvalue weighted by Crippen LogP contribution is 2.22. The SMILES string of the molecule is CC(C)c1ccc(OS(=O)(=O)c2ccc(Cl)nc2)cc1. The smallest absolute Gasteiger partial charge is 0.340 e. The number of nitrogens with zero attached hydrogens (tertiary/aromatic N) is 1. The Labute approximate surface area is 123 Å². The maximum Gasteiger partial charge on any atom is 0.340 e. The normalized spacial score (nSPS) is 11.6. The number of benzene rings is 1. The zero-order valence-corrected chi connectivity index (χ0v) is 12.6. The lowest BCUT2D eigenvalue weighted by Crippen LogP contribution is -2.10. The summed E-state index contributed by atoms with van der Waals surface area (Å²) in [5, 5.41) is 0.227. The van der Waals surface area contributed by atoms with E-state index in [1.54, 1.807) is 12.1 Å². The molecule has 1 aromatic carbocycles. The van der Waals surface area contributed by atoms with E-state index in [1.807, 2.05) is 12.1 Å². The Morgan fingerprint density at radius 1 is 1.10 bits per heavy atom. The molecule has 0 bridgehead atoms. The lowest BCUT2D eigenvalue weighted by Gasteiger charge is -2.09. The van der Waals surface area contributed by atoms with E-state index in [-0.39, 0.29) is 15.8 Å². The van der Waals surface area contributed by atoms with Crippen molar-refractivity contribution < 1.29 is 12.6 Å². The summed E-state index contributed by atoms with van der Waals surface area (Å²) in [6.45, 7) is 4.12. The van der Waals surface area contributed by atoms with Crippen molar-refractivity contribution in [3.05, 3.63) is 53.3 Å². The molecule has 0 aliphatic heterocycles. The van der Waals surface area contributed by atoms with Crippen LogP contribution in [0.4, 0.5) is 0 Å². The van der Waals surface area contributed by atoms with Gasteiger partial charge in [-0.3, -0.25) is 0 Å². The van der Waals surface area contributed by atoms with Crippen LogP contribution >= 0.6 is 11.6 Å². The molecule has 0 spiro atoms. The first-order valence-corrected chi connectivity index (χ1v) is 7.83. The standard InChI is InChI=1S/C14H14ClNO3S/c1-10(2)11-3-5-12(6-4-11)19-20(17,18)13-7-8-14(15)16-9-13/h3-10H,1-2H3. The van der Waals surface area contributed by atoms with Gasteiger partial charge in [0.15, 0.2) is 0 Å².